The molecule has 0 bridgehead atoms. The van der Waals surface area contributed by atoms with E-state index in [0.29, 0.717) is 21.8 Å². The minimum absolute atomic E-state index is 0.0353. The van der Waals surface area contributed by atoms with Crippen LogP contribution in [0.25, 0.3) is 0 Å². The minimum Gasteiger partial charge on any atom is -0.322 e. The highest BCUT2D eigenvalue weighted by Crippen LogP contribution is 2.18. The molecular formula is C21H15ClN4O4. The number of benzene rings is 3. The summed E-state index contributed by atoms with van der Waals surface area (Å²) in [6, 6.07) is 18.7. The van der Waals surface area contributed by atoms with E-state index in [1.54, 1.807) is 42.5 Å². The second-order valence-corrected chi connectivity index (χ2v) is 6.47. The van der Waals surface area contributed by atoms with Crippen LogP contribution in [0.2, 0.25) is 5.02 Å². The van der Waals surface area contributed by atoms with Gasteiger partial charge in [0.2, 0.25) is 0 Å². The molecule has 0 atom stereocenters. The maximum absolute atomic E-state index is 12.3. The molecule has 3 aromatic rings. The lowest BCUT2D eigenvalue weighted by Crippen LogP contribution is -2.18. The average Bonchev–Trinajstić information content (AvgIpc) is 2.74. The van der Waals surface area contributed by atoms with E-state index in [1.165, 1.54) is 36.5 Å². The van der Waals surface area contributed by atoms with Gasteiger partial charge in [0.05, 0.1) is 21.7 Å². The fraction of sp³-hybridized carbons (Fsp3) is 0. The fourth-order valence-electron chi connectivity index (χ4n) is 2.49. The quantitative estimate of drug-likeness (QED) is 0.351. The minimum atomic E-state index is -0.500. The summed E-state index contributed by atoms with van der Waals surface area (Å²) in [6.45, 7) is 0. The highest BCUT2D eigenvalue weighted by atomic mass is 35.5. The van der Waals surface area contributed by atoms with Crippen molar-refractivity contribution in [2.24, 2.45) is 5.10 Å². The van der Waals surface area contributed by atoms with Crippen molar-refractivity contribution in [1.29, 1.82) is 0 Å². The number of nitro benzene ring substituents is 1. The van der Waals surface area contributed by atoms with Crippen molar-refractivity contribution in [3.8, 4) is 0 Å². The molecule has 150 valence electrons. The Morgan fingerprint density at radius 1 is 0.967 bits per heavy atom. The van der Waals surface area contributed by atoms with Gasteiger partial charge in [-0.25, -0.2) is 5.43 Å². The van der Waals surface area contributed by atoms with Crippen LogP contribution < -0.4 is 10.7 Å². The molecule has 0 heterocycles. The molecular weight excluding hydrogens is 408 g/mol. The smallest absolute Gasteiger partial charge is 0.271 e. The lowest BCUT2D eigenvalue weighted by molar-refractivity contribution is -0.384. The number of non-ortho nitro benzene ring substituents is 1. The first kappa shape index (κ1) is 20.7. The summed E-state index contributed by atoms with van der Waals surface area (Å²) < 4.78 is 0. The number of carbonyl (C=O) groups is 2. The molecule has 9 heteroatoms. The predicted molar refractivity (Wildman–Crippen MR) is 114 cm³/mol. The normalized spacial score (nSPS) is 10.6. The number of nitrogens with one attached hydrogen (secondary N) is 2. The number of amides is 2. The zero-order chi connectivity index (χ0) is 21.5. The molecule has 0 saturated heterocycles. The van der Waals surface area contributed by atoms with Crippen LogP contribution in [-0.4, -0.2) is 23.0 Å². The zero-order valence-corrected chi connectivity index (χ0v) is 16.2. The van der Waals surface area contributed by atoms with E-state index in [2.05, 4.69) is 15.8 Å². The molecule has 0 saturated carbocycles. The number of rotatable bonds is 6. The summed E-state index contributed by atoms with van der Waals surface area (Å²) in [5, 5.41) is 17.5. The van der Waals surface area contributed by atoms with E-state index < -0.39 is 16.7 Å². The second-order valence-electron chi connectivity index (χ2n) is 6.06. The molecule has 3 rings (SSSR count). The van der Waals surface area contributed by atoms with Gasteiger partial charge in [-0.05, 0) is 48.0 Å². The molecule has 0 unspecified atom stereocenters. The van der Waals surface area contributed by atoms with Gasteiger partial charge in [0.1, 0.15) is 0 Å². The van der Waals surface area contributed by atoms with Gasteiger partial charge in [0.15, 0.2) is 0 Å². The van der Waals surface area contributed by atoms with Crippen LogP contribution in [0.3, 0.4) is 0 Å². The van der Waals surface area contributed by atoms with E-state index in [-0.39, 0.29) is 11.3 Å². The Morgan fingerprint density at radius 2 is 1.70 bits per heavy atom. The van der Waals surface area contributed by atoms with Crippen molar-refractivity contribution in [3.63, 3.8) is 0 Å². The van der Waals surface area contributed by atoms with E-state index in [4.69, 9.17) is 11.6 Å². The summed E-state index contributed by atoms with van der Waals surface area (Å²) in [5.41, 5.74) is 3.95. The predicted octanol–water partition coefficient (Wildman–Crippen LogP) is 4.26. The van der Waals surface area contributed by atoms with Crippen molar-refractivity contribution in [1.82, 2.24) is 5.43 Å². The van der Waals surface area contributed by atoms with Gasteiger partial charge in [-0.1, -0.05) is 29.8 Å². The van der Waals surface area contributed by atoms with Crippen LogP contribution in [0.4, 0.5) is 11.4 Å². The Kier molecular flexibility index (Phi) is 6.51. The van der Waals surface area contributed by atoms with Crippen molar-refractivity contribution in [3.05, 3.63) is 105 Å². The number of halogens is 1. The van der Waals surface area contributed by atoms with Crippen molar-refractivity contribution >= 4 is 41.0 Å². The Balaban J connectivity index is 1.63. The first-order valence-electron chi connectivity index (χ1n) is 8.68. The molecule has 0 aromatic heterocycles. The first-order valence-corrected chi connectivity index (χ1v) is 9.05. The molecule has 0 spiro atoms. The molecule has 8 nitrogen and oxygen atoms in total. The first-order chi connectivity index (χ1) is 14.4. The molecule has 0 fully saturated rings. The molecule has 30 heavy (non-hydrogen) atoms. The van der Waals surface area contributed by atoms with Gasteiger partial charge < -0.3 is 5.32 Å². The maximum atomic E-state index is 12.3. The lowest BCUT2D eigenvalue weighted by atomic mass is 10.1. The van der Waals surface area contributed by atoms with Gasteiger partial charge >= 0.3 is 0 Å². The zero-order valence-electron chi connectivity index (χ0n) is 15.4. The van der Waals surface area contributed by atoms with Crippen LogP contribution in [-0.2, 0) is 0 Å². The average molecular weight is 423 g/mol. The second kappa shape index (κ2) is 9.44. The summed E-state index contributed by atoms with van der Waals surface area (Å²) in [5.74, 6) is -0.878. The summed E-state index contributed by atoms with van der Waals surface area (Å²) in [7, 11) is 0. The Labute approximate surface area is 176 Å². The van der Waals surface area contributed by atoms with Gasteiger partial charge in [0.25, 0.3) is 17.5 Å². The Bertz CT molecular complexity index is 1130. The van der Waals surface area contributed by atoms with Crippen LogP contribution in [0.15, 0.2) is 77.9 Å². The van der Waals surface area contributed by atoms with Crippen LogP contribution in [0.5, 0.6) is 0 Å². The van der Waals surface area contributed by atoms with E-state index in [1.807, 2.05) is 0 Å². The highest BCUT2D eigenvalue weighted by Gasteiger charge is 2.11. The summed E-state index contributed by atoms with van der Waals surface area (Å²) in [6.07, 6.45) is 1.37. The number of hydrogen-bond acceptors (Lipinski definition) is 5. The third-order valence-corrected chi connectivity index (χ3v) is 4.31. The molecule has 3 aromatic carbocycles. The van der Waals surface area contributed by atoms with E-state index in [0.717, 1.165) is 0 Å². The standard InChI is InChI=1S/C21H15ClN4O4/c22-19-7-2-1-6-18(19)21(28)24-16-5-3-4-15(12-16)20(27)25-23-13-14-8-10-17(11-9-14)26(29)30/h1-13H,(H,24,28)(H,25,27)/b23-13+. The van der Waals surface area contributed by atoms with Crippen LogP contribution in [0, 0.1) is 10.1 Å². The number of hydrogen-bond donors (Lipinski definition) is 2. The lowest BCUT2D eigenvalue weighted by Gasteiger charge is -2.08. The number of carbonyl (C=O) groups excluding carboxylic acids is 2. The molecule has 0 aliphatic heterocycles. The van der Waals surface area contributed by atoms with E-state index in [9.17, 15) is 19.7 Å². The van der Waals surface area contributed by atoms with Crippen molar-refractivity contribution in [2.45, 2.75) is 0 Å². The Hall–Kier alpha value is -4.04. The van der Waals surface area contributed by atoms with Crippen molar-refractivity contribution < 1.29 is 14.5 Å². The number of anilines is 1. The maximum Gasteiger partial charge on any atom is 0.271 e. The van der Waals surface area contributed by atoms with Gasteiger partial charge in [-0.15, -0.1) is 0 Å². The third kappa shape index (κ3) is 5.27. The van der Waals surface area contributed by atoms with Crippen LogP contribution >= 0.6 is 11.6 Å². The van der Waals surface area contributed by atoms with Crippen molar-refractivity contribution in [2.75, 3.05) is 5.32 Å². The van der Waals surface area contributed by atoms with Crippen LogP contribution in [0.1, 0.15) is 26.3 Å². The van der Waals surface area contributed by atoms with Gasteiger partial charge in [-0.2, -0.15) is 5.10 Å². The third-order valence-electron chi connectivity index (χ3n) is 3.98. The van der Waals surface area contributed by atoms with Gasteiger partial charge in [-0.3, -0.25) is 19.7 Å². The molecule has 2 N–H and O–H groups in total. The van der Waals surface area contributed by atoms with Gasteiger partial charge in [0, 0.05) is 23.4 Å². The molecule has 2 amide bonds. The Morgan fingerprint density at radius 3 is 2.40 bits per heavy atom. The fourth-order valence-corrected chi connectivity index (χ4v) is 2.72. The van der Waals surface area contributed by atoms with E-state index >= 15 is 0 Å². The largest absolute Gasteiger partial charge is 0.322 e. The number of nitro groups is 1. The molecule has 0 aliphatic rings. The molecule has 0 aliphatic carbocycles. The molecule has 0 radical (unpaired) electrons. The highest BCUT2D eigenvalue weighted by molar-refractivity contribution is 6.34. The monoisotopic (exact) mass is 422 g/mol. The topological polar surface area (TPSA) is 114 Å². The summed E-state index contributed by atoms with van der Waals surface area (Å²) >= 11 is 6.02. The summed E-state index contributed by atoms with van der Waals surface area (Å²) in [4.78, 5) is 34.8. The SMILES string of the molecule is O=C(N/N=C/c1ccc([N+](=O)[O-])cc1)c1cccc(NC(=O)c2ccccc2Cl)c1. The number of nitrogens with zero attached hydrogens (tertiary/aromatic N) is 2. The number of hydrazone groups is 1.